The largest absolute Gasteiger partial charge is 0.497 e. The van der Waals surface area contributed by atoms with E-state index in [0.717, 1.165) is 93.6 Å². The highest BCUT2D eigenvalue weighted by molar-refractivity contribution is 5.79. The molecule has 2 aliphatic heterocycles. The molecule has 10 heteroatoms. The molecule has 8 rings (SSSR count). The summed E-state index contributed by atoms with van der Waals surface area (Å²) in [6.07, 6.45) is 8.23. The fourth-order valence-corrected chi connectivity index (χ4v) is 10.9. The first-order chi connectivity index (χ1) is 29.8. The summed E-state index contributed by atoms with van der Waals surface area (Å²) in [4.78, 5) is 37.3. The Bertz CT molecular complexity index is 2070. The second-order valence-electron chi connectivity index (χ2n) is 19.2. The minimum atomic E-state index is -0.113. The molecule has 2 saturated heterocycles. The molecule has 332 valence electrons. The molecule has 10 nitrogen and oxygen atoms in total. The number of urea groups is 2. The molecule has 0 radical (unpaired) electrons. The zero-order valence-corrected chi connectivity index (χ0v) is 38.5. The zero-order chi connectivity index (χ0) is 44.1. The lowest BCUT2D eigenvalue weighted by Crippen LogP contribution is -2.56. The summed E-state index contributed by atoms with van der Waals surface area (Å²) in [7, 11) is 12.1. The van der Waals surface area contributed by atoms with Gasteiger partial charge in [-0.25, -0.2) is 9.59 Å². The predicted molar refractivity (Wildman–Crippen MR) is 248 cm³/mol. The van der Waals surface area contributed by atoms with E-state index >= 15 is 0 Å². The number of hydrogen-bond donors (Lipinski definition) is 1. The van der Waals surface area contributed by atoms with Crippen LogP contribution in [0.2, 0.25) is 0 Å². The summed E-state index contributed by atoms with van der Waals surface area (Å²) in [6, 6.07) is 38.0. The maximum absolute atomic E-state index is 13.6. The molecular weight excluding hydrogens is 773 g/mol. The Kier molecular flexibility index (Phi) is 13.6. The molecule has 4 amide bonds. The fourth-order valence-electron chi connectivity index (χ4n) is 10.9. The third-order valence-corrected chi connectivity index (χ3v) is 14.7. The Morgan fingerprint density at radius 1 is 0.581 bits per heavy atom. The Balaban J connectivity index is 0.000000188. The zero-order valence-electron chi connectivity index (χ0n) is 38.5. The molecule has 2 spiro atoms. The van der Waals surface area contributed by atoms with E-state index in [1.54, 1.807) is 14.2 Å². The van der Waals surface area contributed by atoms with Gasteiger partial charge in [-0.2, -0.15) is 0 Å². The fraction of sp³-hybridized carbons (Fsp3) is 0.500. The first kappa shape index (κ1) is 45.0. The number of benzene rings is 4. The molecular formula is C52H70N6O4. The topological polar surface area (TPSA) is 80.8 Å². The summed E-state index contributed by atoms with van der Waals surface area (Å²) in [6.45, 7) is 8.11. The van der Waals surface area contributed by atoms with Crippen LogP contribution >= 0.6 is 0 Å². The maximum Gasteiger partial charge on any atom is 0.320 e. The van der Waals surface area contributed by atoms with Gasteiger partial charge in [-0.3, -0.25) is 9.80 Å². The Morgan fingerprint density at radius 3 is 1.44 bits per heavy atom. The molecule has 0 atom stereocenters. The van der Waals surface area contributed by atoms with Gasteiger partial charge >= 0.3 is 12.1 Å². The lowest BCUT2D eigenvalue weighted by molar-refractivity contribution is 0.0214. The van der Waals surface area contributed by atoms with Gasteiger partial charge in [0.05, 0.1) is 25.3 Å². The number of carbonyl (C=O) groups excluding carboxylic acids is 2. The molecule has 0 aromatic heterocycles. The number of carbonyl (C=O) groups is 2. The van der Waals surface area contributed by atoms with Gasteiger partial charge in [0.1, 0.15) is 11.5 Å². The van der Waals surface area contributed by atoms with Crippen molar-refractivity contribution in [2.24, 2.45) is 5.92 Å². The van der Waals surface area contributed by atoms with Crippen LogP contribution in [-0.2, 0) is 24.2 Å². The highest BCUT2D eigenvalue weighted by Crippen LogP contribution is 2.50. The first-order valence-electron chi connectivity index (χ1n) is 22.6. The normalized spacial score (nSPS) is 26.1. The number of nitrogens with one attached hydrogen (secondary N) is 1. The van der Waals surface area contributed by atoms with Crippen molar-refractivity contribution < 1.29 is 19.1 Å². The van der Waals surface area contributed by atoms with E-state index < -0.39 is 0 Å². The van der Waals surface area contributed by atoms with Crippen molar-refractivity contribution >= 4 is 12.1 Å². The summed E-state index contributed by atoms with van der Waals surface area (Å²) >= 11 is 0. The van der Waals surface area contributed by atoms with Crippen LogP contribution in [0, 0.1) is 5.92 Å². The number of hydrogen-bond acceptors (Lipinski definition) is 6. The van der Waals surface area contributed by atoms with Crippen LogP contribution in [0.1, 0.15) is 87.5 Å². The minimum Gasteiger partial charge on any atom is -0.497 e. The Hall–Kier alpha value is -5.06. The van der Waals surface area contributed by atoms with Gasteiger partial charge in [-0.1, -0.05) is 98.8 Å². The van der Waals surface area contributed by atoms with E-state index in [9.17, 15) is 9.59 Å². The van der Waals surface area contributed by atoms with Gasteiger partial charge in [0.15, 0.2) is 0 Å². The van der Waals surface area contributed by atoms with Crippen molar-refractivity contribution in [3.63, 3.8) is 0 Å². The van der Waals surface area contributed by atoms with E-state index in [2.05, 4.69) is 140 Å². The van der Waals surface area contributed by atoms with Crippen LogP contribution in [0.25, 0.3) is 0 Å². The summed E-state index contributed by atoms with van der Waals surface area (Å²) in [5, 5.41) is 3.33. The van der Waals surface area contributed by atoms with Crippen LogP contribution in [0.3, 0.4) is 0 Å². The molecule has 4 aromatic rings. The first-order valence-corrected chi connectivity index (χ1v) is 22.6. The maximum atomic E-state index is 13.6. The molecule has 4 aliphatic rings. The lowest BCUT2D eigenvalue weighted by Gasteiger charge is -2.51. The number of methoxy groups -OCH3 is 2. The van der Waals surface area contributed by atoms with E-state index in [1.165, 1.54) is 11.1 Å². The Labute approximate surface area is 371 Å². The number of amides is 4. The smallest absolute Gasteiger partial charge is 0.320 e. The molecule has 2 heterocycles. The van der Waals surface area contributed by atoms with Gasteiger partial charge in [-0.05, 0) is 132 Å². The SMILES string of the molecule is COc1ccc(CN2CC3(CCC(c4ccccc4)(N(C)C)CC3)N(CC(C)C)C2=O)cc1.COc1ccc(CN2CC3(CCC(c4ccccc4)(N(C)C)CC3)NC2=O)cc1. The highest BCUT2D eigenvalue weighted by Gasteiger charge is 2.54. The van der Waals surface area contributed by atoms with E-state index in [4.69, 9.17) is 9.47 Å². The quantitative estimate of drug-likeness (QED) is 0.153. The van der Waals surface area contributed by atoms with Crippen molar-refractivity contribution in [2.75, 3.05) is 62.0 Å². The van der Waals surface area contributed by atoms with Crippen LogP contribution in [-0.4, -0.2) is 110 Å². The molecule has 0 unspecified atom stereocenters. The van der Waals surface area contributed by atoms with Crippen molar-refractivity contribution in [1.29, 1.82) is 0 Å². The van der Waals surface area contributed by atoms with E-state index in [1.807, 2.05) is 41.3 Å². The Morgan fingerprint density at radius 2 is 1.02 bits per heavy atom. The molecule has 0 bridgehead atoms. The summed E-state index contributed by atoms with van der Waals surface area (Å²) < 4.78 is 10.5. The van der Waals surface area contributed by atoms with Gasteiger partial charge < -0.3 is 29.5 Å². The summed E-state index contributed by atoms with van der Waals surface area (Å²) in [5.41, 5.74) is 4.91. The number of nitrogens with zero attached hydrogens (tertiary/aromatic N) is 5. The second kappa shape index (κ2) is 18.7. The summed E-state index contributed by atoms with van der Waals surface area (Å²) in [5.74, 6) is 2.13. The van der Waals surface area contributed by atoms with E-state index in [-0.39, 0.29) is 34.2 Å². The van der Waals surface area contributed by atoms with Crippen molar-refractivity contribution in [1.82, 2.24) is 29.8 Å². The van der Waals surface area contributed by atoms with Crippen LogP contribution in [0.15, 0.2) is 109 Å². The van der Waals surface area contributed by atoms with Gasteiger partial charge in [0, 0.05) is 43.8 Å². The lowest BCUT2D eigenvalue weighted by atomic mass is 9.68. The number of rotatable bonds is 12. The monoisotopic (exact) mass is 843 g/mol. The van der Waals surface area contributed by atoms with Crippen molar-refractivity contribution in [2.45, 2.75) is 100 Å². The third-order valence-electron chi connectivity index (χ3n) is 14.7. The third kappa shape index (κ3) is 9.18. The van der Waals surface area contributed by atoms with Gasteiger partial charge in [-0.15, -0.1) is 0 Å². The standard InChI is InChI=1S/C28H39N3O2.C24H31N3O2/c1-22(2)19-31-26(32)30(20-23-11-13-25(33-5)14-12-23)21-27(31)15-17-28(18-16-27,29(3)4)24-9-7-6-8-10-24;1-26(2)24(20-7-5-4-6-8-20)15-13-23(14-16-24)18-27(22(28)25-23)17-19-9-11-21(29-3)12-10-19/h6-14,22H,15-21H2,1-5H3;4-12H,13-18H2,1-3H3,(H,25,28). The van der Waals surface area contributed by atoms with Crippen molar-refractivity contribution in [3.8, 4) is 11.5 Å². The van der Waals surface area contributed by atoms with E-state index in [0.29, 0.717) is 19.0 Å². The predicted octanol–water partition coefficient (Wildman–Crippen LogP) is 9.35. The highest BCUT2D eigenvalue weighted by atomic mass is 16.5. The van der Waals surface area contributed by atoms with Crippen LogP contribution < -0.4 is 14.8 Å². The molecule has 4 aromatic carbocycles. The van der Waals surface area contributed by atoms with Crippen LogP contribution in [0.5, 0.6) is 11.5 Å². The molecule has 4 fully saturated rings. The average Bonchev–Trinajstić information content (AvgIpc) is 3.72. The molecule has 2 aliphatic carbocycles. The number of ether oxygens (including phenoxy) is 2. The van der Waals surface area contributed by atoms with Crippen LogP contribution in [0.4, 0.5) is 9.59 Å². The molecule has 2 saturated carbocycles. The minimum absolute atomic E-state index is 0.0302. The molecule has 62 heavy (non-hydrogen) atoms. The second-order valence-corrected chi connectivity index (χ2v) is 19.2. The van der Waals surface area contributed by atoms with Gasteiger partial charge in [0.2, 0.25) is 0 Å². The molecule has 1 N–H and O–H groups in total. The average molecular weight is 843 g/mol. The van der Waals surface area contributed by atoms with Crippen molar-refractivity contribution in [3.05, 3.63) is 131 Å². The van der Waals surface area contributed by atoms with Gasteiger partial charge in [0.25, 0.3) is 0 Å².